The number of carboxylic acids is 2. The summed E-state index contributed by atoms with van der Waals surface area (Å²) in [4.78, 5) is 26.1. The highest BCUT2D eigenvalue weighted by Gasteiger charge is 2.15. The van der Waals surface area contributed by atoms with Crippen LogP contribution in [0.1, 0.15) is 5.56 Å². The number of hydrogen-bond donors (Lipinski definition) is 2. The van der Waals surface area contributed by atoms with Gasteiger partial charge in [-0.15, -0.1) is 0 Å². The SMILES string of the molecule is O=C(O)C(=Cc1ccc(OCCn2ccc3cccnc32)cc1)C(=O)O. The third-order valence-corrected chi connectivity index (χ3v) is 3.78. The molecule has 0 atom stereocenters. The lowest BCUT2D eigenvalue weighted by Gasteiger charge is -2.08. The molecule has 26 heavy (non-hydrogen) atoms. The van der Waals surface area contributed by atoms with Gasteiger partial charge in [-0.2, -0.15) is 0 Å². The fourth-order valence-corrected chi connectivity index (χ4v) is 2.50. The van der Waals surface area contributed by atoms with Gasteiger partial charge in [0.15, 0.2) is 0 Å². The minimum absolute atomic E-state index is 0.436. The minimum atomic E-state index is -1.48. The van der Waals surface area contributed by atoms with E-state index in [9.17, 15) is 9.59 Å². The maximum absolute atomic E-state index is 10.9. The van der Waals surface area contributed by atoms with E-state index in [0.29, 0.717) is 24.5 Å². The van der Waals surface area contributed by atoms with Crippen LogP contribution in [0.3, 0.4) is 0 Å². The Labute approximate surface area is 148 Å². The van der Waals surface area contributed by atoms with Gasteiger partial charge in [0.05, 0.1) is 6.54 Å². The van der Waals surface area contributed by atoms with Crippen molar-refractivity contribution >= 4 is 29.0 Å². The molecule has 2 heterocycles. The molecule has 3 rings (SSSR count). The van der Waals surface area contributed by atoms with Crippen molar-refractivity contribution in [1.82, 2.24) is 9.55 Å². The number of aromatic nitrogens is 2. The number of ether oxygens (including phenoxy) is 1. The first-order valence-electron chi connectivity index (χ1n) is 7.85. The van der Waals surface area contributed by atoms with Gasteiger partial charge in [0, 0.05) is 17.8 Å². The Morgan fingerprint density at radius 3 is 2.50 bits per heavy atom. The van der Waals surface area contributed by atoms with Crippen molar-refractivity contribution < 1.29 is 24.5 Å². The van der Waals surface area contributed by atoms with Crippen LogP contribution in [0.25, 0.3) is 17.1 Å². The standard InChI is InChI=1S/C19H16N2O5/c22-18(23)16(19(24)25)12-13-3-5-15(6-4-13)26-11-10-21-9-7-14-2-1-8-20-17(14)21/h1-9,12H,10-11H2,(H,22,23)(H,24,25). The maximum Gasteiger partial charge on any atom is 0.343 e. The molecule has 0 spiro atoms. The molecule has 0 bridgehead atoms. The molecule has 7 nitrogen and oxygen atoms in total. The monoisotopic (exact) mass is 352 g/mol. The van der Waals surface area contributed by atoms with E-state index in [0.717, 1.165) is 17.1 Å². The van der Waals surface area contributed by atoms with Crippen LogP contribution in [-0.4, -0.2) is 38.3 Å². The third-order valence-electron chi connectivity index (χ3n) is 3.78. The summed E-state index contributed by atoms with van der Waals surface area (Å²) >= 11 is 0. The Bertz CT molecular complexity index is 957. The molecule has 0 saturated carbocycles. The summed E-state index contributed by atoms with van der Waals surface area (Å²) in [6, 6.07) is 12.4. The zero-order valence-electron chi connectivity index (χ0n) is 13.7. The zero-order valence-corrected chi connectivity index (χ0v) is 13.7. The first-order valence-corrected chi connectivity index (χ1v) is 7.85. The summed E-state index contributed by atoms with van der Waals surface area (Å²) < 4.78 is 7.68. The molecule has 0 aliphatic rings. The number of carbonyl (C=O) groups is 2. The number of pyridine rings is 1. The molecular formula is C19H16N2O5. The van der Waals surface area contributed by atoms with Gasteiger partial charge in [0.2, 0.25) is 0 Å². The van der Waals surface area contributed by atoms with Crippen LogP contribution in [0.15, 0.2) is 60.4 Å². The Balaban J connectivity index is 1.62. The van der Waals surface area contributed by atoms with Crippen molar-refractivity contribution in [2.75, 3.05) is 6.61 Å². The summed E-state index contributed by atoms with van der Waals surface area (Å²) in [6.07, 6.45) is 4.80. The largest absolute Gasteiger partial charge is 0.492 e. The highest BCUT2D eigenvalue weighted by Crippen LogP contribution is 2.16. The lowest BCUT2D eigenvalue weighted by Crippen LogP contribution is -2.10. The predicted molar refractivity (Wildman–Crippen MR) is 94.9 cm³/mol. The Morgan fingerprint density at radius 2 is 1.81 bits per heavy atom. The number of hydrogen-bond acceptors (Lipinski definition) is 4. The number of benzene rings is 1. The van der Waals surface area contributed by atoms with Crippen LogP contribution in [-0.2, 0) is 16.1 Å². The van der Waals surface area contributed by atoms with Gasteiger partial charge in [-0.25, -0.2) is 14.6 Å². The van der Waals surface area contributed by atoms with E-state index >= 15 is 0 Å². The first-order chi connectivity index (χ1) is 12.5. The molecule has 132 valence electrons. The third kappa shape index (κ3) is 3.89. The summed E-state index contributed by atoms with van der Waals surface area (Å²) in [5, 5.41) is 18.8. The number of fused-ring (bicyclic) bond motifs is 1. The average molecular weight is 352 g/mol. The molecule has 0 fully saturated rings. The fourth-order valence-electron chi connectivity index (χ4n) is 2.50. The molecule has 7 heteroatoms. The number of aliphatic carboxylic acids is 2. The quantitative estimate of drug-likeness (QED) is 0.385. The lowest BCUT2D eigenvalue weighted by molar-refractivity contribution is -0.140. The van der Waals surface area contributed by atoms with Crippen molar-refractivity contribution in [3.05, 3.63) is 66.0 Å². The van der Waals surface area contributed by atoms with Crippen LogP contribution >= 0.6 is 0 Å². The van der Waals surface area contributed by atoms with E-state index in [4.69, 9.17) is 14.9 Å². The second-order valence-corrected chi connectivity index (χ2v) is 5.51. The van der Waals surface area contributed by atoms with Crippen molar-refractivity contribution in [2.24, 2.45) is 0 Å². The van der Waals surface area contributed by atoms with Gasteiger partial charge in [-0.3, -0.25) is 0 Å². The first kappa shape index (κ1) is 17.2. The van der Waals surface area contributed by atoms with Crippen LogP contribution in [0.2, 0.25) is 0 Å². The molecule has 2 N–H and O–H groups in total. The second-order valence-electron chi connectivity index (χ2n) is 5.51. The molecular weight excluding hydrogens is 336 g/mol. The van der Waals surface area contributed by atoms with Crippen molar-refractivity contribution in [2.45, 2.75) is 6.54 Å². The van der Waals surface area contributed by atoms with Crippen molar-refractivity contribution in [3.8, 4) is 5.75 Å². The Morgan fingerprint density at radius 1 is 1.08 bits per heavy atom. The van der Waals surface area contributed by atoms with E-state index in [1.807, 2.05) is 29.0 Å². The smallest absolute Gasteiger partial charge is 0.343 e. The van der Waals surface area contributed by atoms with Gasteiger partial charge >= 0.3 is 11.9 Å². The van der Waals surface area contributed by atoms with E-state index in [2.05, 4.69) is 4.98 Å². The van der Waals surface area contributed by atoms with Gasteiger partial charge in [-0.1, -0.05) is 12.1 Å². The molecule has 1 aromatic carbocycles. The van der Waals surface area contributed by atoms with E-state index < -0.39 is 17.5 Å². The summed E-state index contributed by atoms with van der Waals surface area (Å²) in [6.45, 7) is 1.06. The Kier molecular flexibility index (Phi) is 4.98. The molecule has 0 aliphatic carbocycles. The van der Waals surface area contributed by atoms with Crippen LogP contribution in [0.4, 0.5) is 0 Å². The van der Waals surface area contributed by atoms with Gasteiger partial charge < -0.3 is 19.5 Å². The molecule has 0 amide bonds. The zero-order chi connectivity index (χ0) is 18.5. The molecule has 0 unspecified atom stereocenters. The van der Waals surface area contributed by atoms with Gasteiger partial charge in [-0.05, 0) is 42.0 Å². The minimum Gasteiger partial charge on any atom is -0.492 e. The van der Waals surface area contributed by atoms with E-state index in [1.54, 1.807) is 30.5 Å². The number of nitrogens with zero attached hydrogens (tertiary/aromatic N) is 2. The molecule has 0 saturated heterocycles. The lowest BCUT2D eigenvalue weighted by atomic mass is 10.1. The summed E-state index contributed by atoms with van der Waals surface area (Å²) in [5.41, 5.74) is 0.676. The van der Waals surface area contributed by atoms with Crippen molar-refractivity contribution in [3.63, 3.8) is 0 Å². The van der Waals surface area contributed by atoms with E-state index in [1.165, 1.54) is 0 Å². The van der Waals surface area contributed by atoms with Crippen LogP contribution in [0, 0.1) is 0 Å². The molecule has 3 aromatic rings. The number of rotatable bonds is 7. The highest BCUT2D eigenvalue weighted by molar-refractivity contribution is 6.16. The van der Waals surface area contributed by atoms with Gasteiger partial charge in [0.1, 0.15) is 23.6 Å². The predicted octanol–water partition coefficient (Wildman–Crippen LogP) is 2.67. The topological polar surface area (TPSA) is 102 Å². The van der Waals surface area contributed by atoms with Crippen molar-refractivity contribution in [1.29, 1.82) is 0 Å². The number of carboxylic acid groups (broad SMARTS) is 2. The Hall–Kier alpha value is -3.61. The normalized spacial score (nSPS) is 10.5. The summed E-state index contributed by atoms with van der Waals surface area (Å²) in [5.74, 6) is -2.35. The second kappa shape index (κ2) is 7.52. The van der Waals surface area contributed by atoms with Gasteiger partial charge in [0.25, 0.3) is 0 Å². The van der Waals surface area contributed by atoms with Crippen LogP contribution in [0.5, 0.6) is 5.75 Å². The fraction of sp³-hybridized carbons (Fsp3) is 0.105. The molecule has 0 radical (unpaired) electrons. The molecule has 0 aliphatic heterocycles. The maximum atomic E-state index is 10.9. The average Bonchev–Trinajstić information content (AvgIpc) is 3.04. The van der Waals surface area contributed by atoms with Crippen LogP contribution < -0.4 is 4.74 Å². The highest BCUT2D eigenvalue weighted by atomic mass is 16.5. The summed E-state index contributed by atoms with van der Waals surface area (Å²) in [7, 11) is 0. The van der Waals surface area contributed by atoms with E-state index in [-0.39, 0.29) is 0 Å². The molecule has 2 aromatic heterocycles.